The summed E-state index contributed by atoms with van der Waals surface area (Å²) in [4.78, 5) is 17.6. The number of hydrogen-bond acceptors (Lipinski definition) is 4. The second-order valence-corrected chi connectivity index (χ2v) is 8.76. The molecule has 2 saturated heterocycles. The molecule has 0 bridgehead atoms. The van der Waals surface area contributed by atoms with Crippen LogP contribution in [0.15, 0.2) is 0 Å². The van der Waals surface area contributed by atoms with E-state index in [0.29, 0.717) is 24.8 Å². The van der Waals surface area contributed by atoms with Crippen LogP contribution in [0.4, 0.5) is 0 Å². The van der Waals surface area contributed by atoms with E-state index >= 15 is 0 Å². The molecule has 4 rings (SSSR count). The molecule has 2 heterocycles. The maximum Gasteiger partial charge on any atom is 0.249 e. The molecule has 0 aromatic carbocycles. The lowest BCUT2D eigenvalue weighted by Crippen LogP contribution is -2.61. The van der Waals surface area contributed by atoms with Crippen molar-refractivity contribution >= 4 is 5.91 Å². The molecule has 2 saturated carbocycles. The minimum absolute atomic E-state index is 0.240. The molecule has 0 radical (unpaired) electrons. The van der Waals surface area contributed by atoms with Gasteiger partial charge in [-0.25, -0.2) is 0 Å². The maximum absolute atomic E-state index is 12.6. The van der Waals surface area contributed by atoms with Crippen LogP contribution in [0.5, 0.6) is 0 Å². The van der Waals surface area contributed by atoms with Gasteiger partial charge in [0.1, 0.15) is 6.61 Å². The summed E-state index contributed by atoms with van der Waals surface area (Å²) in [5, 5.41) is 0. The summed E-state index contributed by atoms with van der Waals surface area (Å²) in [5.74, 6) is 0.991. The zero-order valence-corrected chi connectivity index (χ0v) is 16.4. The molecule has 4 atom stereocenters. The van der Waals surface area contributed by atoms with Crippen LogP contribution < -0.4 is 0 Å². The highest BCUT2D eigenvalue weighted by Gasteiger charge is 2.42. The number of fused-ring (bicyclic) bond motifs is 1. The summed E-state index contributed by atoms with van der Waals surface area (Å²) >= 11 is 0. The highest BCUT2D eigenvalue weighted by molar-refractivity contribution is 5.79. The second kappa shape index (κ2) is 8.57. The van der Waals surface area contributed by atoms with Crippen molar-refractivity contribution in [2.75, 3.05) is 32.9 Å². The highest BCUT2D eigenvalue weighted by atomic mass is 16.5. The Kier molecular flexibility index (Phi) is 6.17. The Morgan fingerprint density at radius 3 is 2.65 bits per heavy atom. The molecule has 1 amide bonds. The number of amides is 1. The van der Waals surface area contributed by atoms with E-state index in [9.17, 15) is 4.79 Å². The quantitative estimate of drug-likeness (QED) is 0.752. The Morgan fingerprint density at radius 1 is 1.04 bits per heavy atom. The number of rotatable bonds is 5. The minimum atomic E-state index is 0.240. The monoisotopic (exact) mass is 364 g/mol. The normalized spacial score (nSPS) is 37.1. The molecule has 5 heteroatoms. The lowest BCUT2D eigenvalue weighted by Gasteiger charge is -2.49. The number of carbonyl (C=O) groups excluding carboxylic acids is 1. The minimum Gasteiger partial charge on any atom is -0.381 e. The van der Waals surface area contributed by atoms with Crippen molar-refractivity contribution in [1.82, 2.24) is 9.80 Å². The van der Waals surface area contributed by atoms with E-state index < -0.39 is 0 Å². The number of likely N-dealkylation sites (tertiary alicyclic amines) is 1. The zero-order valence-electron chi connectivity index (χ0n) is 16.4. The van der Waals surface area contributed by atoms with Gasteiger partial charge in [-0.1, -0.05) is 12.8 Å². The zero-order chi connectivity index (χ0) is 17.9. The Morgan fingerprint density at radius 2 is 1.85 bits per heavy atom. The predicted octanol–water partition coefficient (Wildman–Crippen LogP) is 2.83. The Bertz CT molecular complexity index is 478. The van der Waals surface area contributed by atoms with Crippen LogP contribution in [0.1, 0.15) is 64.7 Å². The fraction of sp³-hybridized carbons (Fsp3) is 0.952. The van der Waals surface area contributed by atoms with Crippen LogP contribution in [0, 0.1) is 5.92 Å². The largest absolute Gasteiger partial charge is 0.381 e. The summed E-state index contributed by atoms with van der Waals surface area (Å²) in [5.41, 5.74) is 0. The van der Waals surface area contributed by atoms with Crippen LogP contribution in [0.3, 0.4) is 0 Å². The highest BCUT2D eigenvalue weighted by Crippen LogP contribution is 2.35. The molecule has 148 valence electrons. The summed E-state index contributed by atoms with van der Waals surface area (Å²) in [6.07, 6.45) is 11.3. The molecule has 0 aromatic heterocycles. The molecule has 4 fully saturated rings. The SMILES string of the molecule is CCOCC1CCC(N2CCC(N3C(=O)CO[C@H]4CCCC[C@@H]43)CC2)C1. The van der Waals surface area contributed by atoms with Crippen LogP contribution in [-0.4, -0.2) is 72.8 Å². The smallest absolute Gasteiger partial charge is 0.249 e. The fourth-order valence-corrected chi connectivity index (χ4v) is 5.85. The van der Waals surface area contributed by atoms with Gasteiger partial charge in [-0.2, -0.15) is 0 Å². The third kappa shape index (κ3) is 3.95. The molecule has 4 aliphatic rings. The van der Waals surface area contributed by atoms with Crippen molar-refractivity contribution in [3.63, 3.8) is 0 Å². The standard InChI is InChI=1S/C21H36N2O3/c1-2-25-14-16-7-8-18(13-16)22-11-9-17(10-12-22)23-19-5-3-4-6-20(19)26-15-21(23)24/h16-20H,2-15H2,1H3/t16?,18?,19-,20-/m0/s1. The number of piperidine rings is 1. The number of hydrogen-bond donors (Lipinski definition) is 0. The van der Waals surface area contributed by atoms with Gasteiger partial charge in [0.25, 0.3) is 0 Å². The third-order valence-electron chi connectivity index (χ3n) is 7.21. The van der Waals surface area contributed by atoms with E-state index in [4.69, 9.17) is 9.47 Å². The molecular formula is C21H36N2O3. The van der Waals surface area contributed by atoms with Crippen LogP contribution in [0.25, 0.3) is 0 Å². The van der Waals surface area contributed by atoms with E-state index in [0.717, 1.165) is 63.9 Å². The van der Waals surface area contributed by atoms with Gasteiger partial charge in [0, 0.05) is 38.4 Å². The number of ether oxygens (including phenoxy) is 2. The van der Waals surface area contributed by atoms with Crippen LogP contribution in [-0.2, 0) is 14.3 Å². The molecule has 5 nitrogen and oxygen atoms in total. The van der Waals surface area contributed by atoms with Crippen molar-refractivity contribution in [2.24, 2.45) is 5.92 Å². The molecule has 2 unspecified atom stereocenters. The van der Waals surface area contributed by atoms with Crippen molar-refractivity contribution in [1.29, 1.82) is 0 Å². The van der Waals surface area contributed by atoms with Crippen LogP contribution in [0.2, 0.25) is 0 Å². The third-order valence-corrected chi connectivity index (χ3v) is 7.21. The molecule has 0 N–H and O–H groups in total. The van der Waals surface area contributed by atoms with E-state index in [1.54, 1.807) is 0 Å². The van der Waals surface area contributed by atoms with Gasteiger partial charge in [-0.05, 0) is 57.8 Å². The summed E-state index contributed by atoms with van der Waals surface area (Å²) in [6.45, 7) is 6.47. The first kappa shape index (κ1) is 18.7. The van der Waals surface area contributed by atoms with Gasteiger partial charge < -0.3 is 19.3 Å². The van der Waals surface area contributed by atoms with E-state index in [-0.39, 0.29) is 5.91 Å². The molecule has 2 aliphatic carbocycles. The number of carbonyl (C=O) groups is 1. The Hall–Kier alpha value is -0.650. The fourth-order valence-electron chi connectivity index (χ4n) is 5.85. The number of nitrogens with zero attached hydrogens (tertiary/aromatic N) is 2. The lowest BCUT2D eigenvalue weighted by atomic mass is 9.87. The topological polar surface area (TPSA) is 42.0 Å². The summed E-state index contributed by atoms with van der Waals surface area (Å²) < 4.78 is 11.5. The van der Waals surface area contributed by atoms with Gasteiger partial charge in [-0.3, -0.25) is 4.79 Å². The first-order valence-corrected chi connectivity index (χ1v) is 11.0. The van der Waals surface area contributed by atoms with Gasteiger partial charge >= 0.3 is 0 Å². The van der Waals surface area contributed by atoms with Gasteiger partial charge in [-0.15, -0.1) is 0 Å². The van der Waals surface area contributed by atoms with Gasteiger partial charge in [0.2, 0.25) is 5.91 Å². The Balaban J connectivity index is 1.30. The van der Waals surface area contributed by atoms with Crippen molar-refractivity contribution in [2.45, 2.75) is 88.9 Å². The maximum atomic E-state index is 12.6. The number of morpholine rings is 1. The van der Waals surface area contributed by atoms with E-state index in [2.05, 4.69) is 16.7 Å². The van der Waals surface area contributed by atoms with Crippen LogP contribution >= 0.6 is 0 Å². The first-order chi connectivity index (χ1) is 12.8. The molecular weight excluding hydrogens is 328 g/mol. The molecule has 0 spiro atoms. The predicted molar refractivity (Wildman–Crippen MR) is 101 cm³/mol. The van der Waals surface area contributed by atoms with E-state index in [1.807, 2.05) is 0 Å². The second-order valence-electron chi connectivity index (χ2n) is 8.76. The Labute approximate surface area is 158 Å². The molecule has 2 aliphatic heterocycles. The molecule has 26 heavy (non-hydrogen) atoms. The average molecular weight is 365 g/mol. The van der Waals surface area contributed by atoms with Gasteiger partial charge in [0.05, 0.1) is 12.1 Å². The van der Waals surface area contributed by atoms with Crippen molar-refractivity contribution in [3.05, 3.63) is 0 Å². The molecule has 0 aromatic rings. The first-order valence-electron chi connectivity index (χ1n) is 11.0. The van der Waals surface area contributed by atoms with Crippen molar-refractivity contribution in [3.8, 4) is 0 Å². The average Bonchev–Trinajstić information content (AvgIpc) is 3.15. The van der Waals surface area contributed by atoms with E-state index in [1.165, 1.54) is 32.1 Å². The lowest BCUT2D eigenvalue weighted by molar-refractivity contribution is -0.167. The van der Waals surface area contributed by atoms with Crippen molar-refractivity contribution < 1.29 is 14.3 Å². The van der Waals surface area contributed by atoms with Gasteiger partial charge in [0.15, 0.2) is 0 Å². The summed E-state index contributed by atoms with van der Waals surface area (Å²) in [6, 6.07) is 1.53. The summed E-state index contributed by atoms with van der Waals surface area (Å²) in [7, 11) is 0.